The number of hydrogen-bond acceptors (Lipinski definition) is 6. The fourth-order valence-corrected chi connectivity index (χ4v) is 5.08. The van der Waals surface area contributed by atoms with E-state index < -0.39 is 22.0 Å². The highest BCUT2D eigenvalue weighted by molar-refractivity contribution is 7.92. The minimum atomic E-state index is -3.83. The normalized spacial score (nSPS) is 16.7. The Kier molecular flexibility index (Phi) is 7.25. The first kappa shape index (κ1) is 23.1. The molecule has 0 saturated heterocycles. The molecule has 166 valence electrons. The molecule has 3 rings (SSSR count). The zero-order chi connectivity index (χ0) is 22.6. The van der Waals surface area contributed by atoms with E-state index in [1.54, 1.807) is 30.3 Å². The van der Waals surface area contributed by atoms with Gasteiger partial charge in [-0.15, -0.1) is 0 Å². The van der Waals surface area contributed by atoms with Crippen molar-refractivity contribution >= 4 is 33.7 Å². The molecule has 0 fully saturated rings. The molecule has 1 aliphatic heterocycles. The minimum Gasteiger partial charge on any atom is -0.493 e. The largest absolute Gasteiger partial charge is 0.493 e. The lowest BCUT2D eigenvalue weighted by Crippen LogP contribution is -2.40. The zero-order valence-corrected chi connectivity index (χ0v) is 19.1. The van der Waals surface area contributed by atoms with Crippen molar-refractivity contribution in [3.8, 4) is 11.5 Å². The number of rotatable bonds is 7. The summed E-state index contributed by atoms with van der Waals surface area (Å²) in [6.45, 7) is 0.220. The summed E-state index contributed by atoms with van der Waals surface area (Å²) >= 11 is 5.89. The van der Waals surface area contributed by atoms with Crippen molar-refractivity contribution in [1.29, 1.82) is 0 Å². The molecule has 2 aromatic carbocycles. The molecule has 0 spiro atoms. The van der Waals surface area contributed by atoms with Crippen molar-refractivity contribution in [3.05, 3.63) is 63.5 Å². The average molecular weight is 466 g/mol. The standard InChI is InChI=1S/C22H24ClNO6S/c1-28-20-12-16-8-10-24(19(14-22(25)30-3)18(16)13-21(20)29-2)31(26,27)11-9-15-4-6-17(23)7-5-15/h4-7,9,11-13,19H,8,10,14H2,1-3H3/b11-9+. The van der Waals surface area contributed by atoms with Gasteiger partial charge in [0.15, 0.2) is 11.5 Å². The summed E-state index contributed by atoms with van der Waals surface area (Å²) in [6, 6.07) is 9.65. The molecule has 0 aliphatic carbocycles. The number of halogens is 1. The number of carbonyl (C=O) groups is 1. The van der Waals surface area contributed by atoms with Gasteiger partial charge in [0.05, 0.1) is 33.8 Å². The van der Waals surface area contributed by atoms with Gasteiger partial charge >= 0.3 is 5.97 Å². The first-order valence-electron chi connectivity index (χ1n) is 9.56. The van der Waals surface area contributed by atoms with Gasteiger partial charge in [0.2, 0.25) is 10.0 Å². The Balaban J connectivity index is 2.00. The van der Waals surface area contributed by atoms with Crippen LogP contribution in [0.15, 0.2) is 41.8 Å². The number of esters is 1. The summed E-state index contributed by atoms with van der Waals surface area (Å²) in [4.78, 5) is 12.1. The molecule has 0 amide bonds. The van der Waals surface area contributed by atoms with Gasteiger partial charge in [-0.3, -0.25) is 4.79 Å². The summed E-state index contributed by atoms with van der Waals surface area (Å²) in [6.07, 6.45) is 1.86. The second kappa shape index (κ2) is 9.72. The van der Waals surface area contributed by atoms with Crippen LogP contribution in [0, 0.1) is 0 Å². The van der Waals surface area contributed by atoms with Gasteiger partial charge in [-0.2, -0.15) is 4.31 Å². The third-order valence-electron chi connectivity index (χ3n) is 5.17. The van der Waals surface area contributed by atoms with Crippen molar-refractivity contribution in [2.24, 2.45) is 0 Å². The second-order valence-corrected chi connectivity index (χ2v) is 9.17. The van der Waals surface area contributed by atoms with Crippen LogP contribution in [0.25, 0.3) is 6.08 Å². The fourth-order valence-electron chi connectivity index (χ4n) is 3.58. The van der Waals surface area contributed by atoms with Gasteiger partial charge < -0.3 is 14.2 Å². The highest BCUT2D eigenvalue weighted by Gasteiger charge is 2.36. The van der Waals surface area contributed by atoms with E-state index in [1.807, 2.05) is 6.07 Å². The van der Waals surface area contributed by atoms with E-state index in [4.69, 9.17) is 25.8 Å². The molecule has 0 bridgehead atoms. The number of ether oxygens (including phenoxy) is 3. The molecule has 9 heteroatoms. The molecule has 0 saturated carbocycles. The highest BCUT2D eigenvalue weighted by atomic mass is 35.5. The zero-order valence-electron chi connectivity index (χ0n) is 17.5. The van der Waals surface area contributed by atoms with Crippen molar-refractivity contribution in [2.45, 2.75) is 18.9 Å². The van der Waals surface area contributed by atoms with Gasteiger partial charge in [-0.1, -0.05) is 23.7 Å². The number of nitrogens with zero attached hydrogens (tertiary/aromatic N) is 1. The molecule has 1 unspecified atom stereocenters. The molecular formula is C22H24ClNO6S. The predicted molar refractivity (Wildman–Crippen MR) is 119 cm³/mol. The summed E-state index contributed by atoms with van der Waals surface area (Å²) in [5, 5.41) is 1.71. The van der Waals surface area contributed by atoms with Crippen molar-refractivity contribution < 1.29 is 27.4 Å². The number of hydrogen-bond donors (Lipinski definition) is 0. The molecule has 7 nitrogen and oxygen atoms in total. The van der Waals surface area contributed by atoms with Crippen LogP contribution in [0.2, 0.25) is 5.02 Å². The van der Waals surface area contributed by atoms with Gasteiger partial charge in [0.25, 0.3) is 0 Å². The molecule has 2 aromatic rings. The second-order valence-electron chi connectivity index (χ2n) is 6.96. The van der Waals surface area contributed by atoms with E-state index in [9.17, 15) is 13.2 Å². The molecule has 0 radical (unpaired) electrons. The van der Waals surface area contributed by atoms with Gasteiger partial charge in [-0.05, 0) is 53.5 Å². The maximum atomic E-state index is 13.2. The lowest BCUT2D eigenvalue weighted by molar-refractivity contribution is -0.141. The molecule has 31 heavy (non-hydrogen) atoms. The van der Waals surface area contributed by atoms with Crippen LogP contribution < -0.4 is 9.47 Å². The molecule has 1 heterocycles. The summed E-state index contributed by atoms with van der Waals surface area (Å²) in [7, 11) is 0.490. The average Bonchev–Trinajstić information content (AvgIpc) is 2.77. The van der Waals surface area contributed by atoms with E-state index in [0.717, 1.165) is 11.0 Å². The topological polar surface area (TPSA) is 82.1 Å². The van der Waals surface area contributed by atoms with Crippen LogP contribution >= 0.6 is 11.6 Å². The van der Waals surface area contributed by atoms with Crippen molar-refractivity contribution in [1.82, 2.24) is 4.31 Å². The summed E-state index contributed by atoms with van der Waals surface area (Å²) in [5.41, 5.74) is 2.29. The molecular weight excluding hydrogens is 442 g/mol. The molecule has 0 aromatic heterocycles. The number of sulfonamides is 1. The smallest absolute Gasteiger partial charge is 0.307 e. The lowest BCUT2D eigenvalue weighted by Gasteiger charge is -2.35. The van der Waals surface area contributed by atoms with E-state index in [0.29, 0.717) is 34.1 Å². The third-order valence-corrected chi connectivity index (χ3v) is 6.99. The summed E-state index contributed by atoms with van der Waals surface area (Å²) in [5.74, 6) is 0.513. The Morgan fingerprint density at radius 2 is 1.77 bits per heavy atom. The SMILES string of the molecule is COC(=O)CC1c2cc(OC)c(OC)cc2CCN1S(=O)(=O)/C=C/c1ccc(Cl)cc1. The number of carbonyl (C=O) groups excluding carboxylic acids is 1. The lowest BCUT2D eigenvalue weighted by atomic mass is 9.91. The molecule has 0 N–H and O–H groups in total. The highest BCUT2D eigenvalue weighted by Crippen LogP contribution is 2.41. The number of fused-ring (bicyclic) bond motifs is 1. The first-order valence-corrected chi connectivity index (χ1v) is 11.4. The van der Waals surface area contributed by atoms with Crippen LogP contribution in [-0.2, 0) is 26.0 Å². The van der Waals surface area contributed by atoms with Crippen LogP contribution in [0.5, 0.6) is 11.5 Å². The fraction of sp³-hybridized carbons (Fsp3) is 0.318. The summed E-state index contributed by atoms with van der Waals surface area (Å²) < 4.78 is 43.3. The molecule has 1 aliphatic rings. The number of methoxy groups -OCH3 is 3. The van der Waals surface area contributed by atoms with Crippen LogP contribution in [0.4, 0.5) is 0 Å². The van der Waals surface area contributed by atoms with Crippen LogP contribution in [-0.4, -0.2) is 46.6 Å². The van der Waals surface area contributed by atoms with Gasteiger partial charge in [0.1, 0.15) is 0 Å². The van der Waals surface area contributed by atoms with Gasteiger partial charge in [0, 0.05) is 17.0 Å². The third kappa shape index (κ3) is 5.20. The quantitative estimate of drug-likeness (QED) is 0.578. The minimum absolute atomic E-state index is 0.118. The Hall–Kier alpha value is -2.55. The maximum Gasteiger partial charge on any atom is 0.307 e. The Morgan fingerprint density at radius 3 is 2.39 bits per heavy atom. The first-order chi connectivity index (χ1) is 14.8. The van der Waals surface area contributed by atoms with Crippen molar-refractivity contribution in [2.75, 3.05) is 27.9 Å². The van der Waals surface area contributed by atoms with E-state index in [1.165, 1.54) is 31.7 Å². The Labute approximate surface area is 187 Å². The number of benzene rings is 2. The van der Waals surface area contributed by atoms with Crippen LogP contribution in [0.3, 0.4) is 0 Å². The predicted octanol–water partition coefficient (Wildman–Crippen LogP) is 3.82. The van der Waals surface area contributed by atoms with Gasteiger partial charge in [-0.25, -0.2) is 8.42 Å². The van der Waals surface area contributed by atoms with E-state index in [-0.39, 0.29) is 13.0 Å². The van der Waals surface area contributed by atoms with Crippen molar-refractivity contribution in [3.63, 3.8) is 0 Å². The van der Waals surface area contributed by atoms with E-state index >= 15 is 0 Å². The monoisotopic (exact) mass is 465 g/mol. The van der Waals surface area contributed by atoms with Crippen LogP contribution in [0.1, 0.15) is 29.2 Å². The Bertz CT molecular complexity index is 1080. The maximum absolute atomic E-state index is 13.2. The Morgan fingerprint density at radius 1 is 1.13 bits per heavy atom. The molecule has 1 atom stereocenters. The van der Waals surface area contributed by atoms with E-state index in [2.05, 4.69) is 0 Å².